The number of nitrogens with zero attached hydrogens (tertiary/aromatic N) is 3. The fraction of sp³-hybridized carbons (Fsp3) is 0.529. The molecule has 0 radical (unpaired) electrons. The van der Waals surface area contributed by atoms with Crippen molar-refractivity contribution in [3.8, 4) is 0 Å². The molecule has 2 atom stereocenters. The summed E-state index contributed by atoms with van der Waals surface area (Å²) in [5.41, 5.74) is -0.395. The lowest BCUT2D eigenvalue weighted by Crippen LogP contribution is -2.47. The molecule has 0 spiro atoms. The van der Waals surface area contributed by atoms with E-state index in [2.05, 4.69) is 5.10 Å². The Bertz CT molecular complexity index is 944. The summed E-state index contributed by atoms with van der Waals surface area (Å²) in [6.07, 6.45) is 1.06. The number of alkyl halides is 1. The first kappa shape index (κ1) is 21.4. The molecule has 0 bridgehead atoms. The van der Waals surface area contributed by atoms with Crippen LogP contribution >= 0.6 is 41.8 Å². The summed E-state index contributed by atoms with van der Waals surface area (Å²) in [5.74, 6) is 0. The first-order valence-electron chi connectivity index (χ1n) is 8.64. The van der Waals surface area contributed by atoms with Gasteiger partial charge in [0, 0.05) is 18.1 Å². The Hall–Kier alpha value is -0.270. The van der Waals surface area contributed by atoms with Gasteiger partial charge in [-0.2, -0.15) is 5.10 Å². The Labute approximate surface area is 179 Å². The van der Waals surface area contributed by atoms with E-state index in [4.69, 9.17) is 51.8 Å². The number of hydrogen-bond acceptors (Lipinski definition) is 5. The molecule has 3 rings (SSSR count). The van der Waals surface area contributed by atoms with Crippen molar-refractivity contribution in [2.75, 3.05) is 13.3 Å². The van der Waals surface area contributed by atoms with Crippen LogP contribution in [-0.2, 0) is 29.3 Å². The zero-order valence-corrected chi connectivity index (χ0v) is 19.2. The Morgan fingerprint density at radius 1 is 1.41 bits per heavy atom. The van der Waals surface area contributed by atoms with E-state index in [1.54, 1.807) is 21.4 Å². The van der Waals surface area contributed by atoms with Crippen LogP contribution in [0.5, 0.6) is 0 Å². The van der Waals surface area contributed by atoms with Crippen molar-refractivity contribution in [1.29, 1.82) is 0 Å². The van der Waals surface area contributed by atoms with Crippen molar-refractivity contribution in [3.63, 3.8) is 0 Å². The van der Waals surface area contributed by atoms with E-state index in [0.717, 1.165) is 18.4 Å². The summed E-state index contributed by atoms with van der Waals surface area (Å²) >= 11 is 24.1. The van der Waals surface area contributed by atoms with Crippen LogP contribution in [0.1, 0.15) is 25.3 Å². The Kier molecular flexibility index (Phi) is 6.25. The monoisotopic (exact) mass is 465 g/mol. The van der Waals surface area contributed by atoms with Gasteiger partial charge in [-0.1, -0.05) is 29.8 Å². The quantitative estimate of drug-likeness (QED) is 0.349. The van der Waals surface area contributed by atoms with Crippen LogP contribution in [-0.4, -0.2) is 43.0 Å². The van der Waals surface area contributed by atoms with Gasteiger partial charge in [0.2, 0.25) is 4.77 Å². The third-order valence-electron chi connectivity index (χ3n) is 4.85. The van der Waals surface area contributed by atoms with Crippen molar-refractivity contribution >= 4 is 53.6 Å². The fourth-order valence-electron chi connectivity index (χ4n) is 3.12. The molecule has 1 N–H and O–H groups in total. The van der Waals surface area contributed by atoms with E-state index in [1.165, 1.54) is 0 Å². The number of rotatable bonds is 8. The molecule has 1 aromatic heterocycles. The molecule has 2 unspecified atom stereocenters. The van der Waals surface area contributed by atoms with E-state index < -0.39 is 16.9 Å². The lowest BCUT2D eigenvalue weighted by molar-refractivity contribution is 0.00724. The van der Waals surface area contributed by atoms with Gasteiger partial charge >= 0.3 is 0 Å². The molecular weight excluding hydrogens is 444 g/mol. The zero-order valence-electron chi connectivity index (χ0n) is 15.1. The summed E-state index contributed by atoms with van der Waals surface area (Å²) in [6.45, 7) is 4.41. The van der Waals surface area contributed by atoms with Gasteiger partial charge in [0.1, 0.15) is 11.9 Å². The standard InChI is InChI=1S/C17H22Cl2N3O2PS2/c1-3-24-25(2,27)22-12-20-21(15(22)26)11-17(23,16(19)8-9-16)10-13-6-4-5-7-14(13)18/h4-7,12,23H,3,8-11H2,1-2H3. The highest BCUT2D eigenvalue weighted by Gasteiger charge is 2.58. The minimum absolute atomic E-state index is 0.162. The Morgan fingerprint density at radius 3 is 2.67 bits per heavy atom. The summed E-state index contributed by atoms with van der Waals surface area (Å²) in [7, 11) is 0. The van der Waals surface area contributed by atoms with Crippen LogP contribution < -0.4 is 0 Å². The molecule has 27 heavy (non-hydrogen) atoms. The molecule has 5 nitrogen and oxygen atoms in total. The second-order valence-corrected chi connectivity index (χ2v) is 12.7. The number of aliphatic hydroxyl groups is 1. The Morgan fingerprint density at radius 2 is 2.07 bits per heavy atom. The van der Waals surface area contributed by atoms with E-state index in [-0.39, 0.29) is 6.54 Å². The number of aromatic nitrogens is 3. The highest BCUT2D eigenvalue weighted by atomic mass is 35.5. The molecule has 148 valence electrons. The van der Waals surface area contributed by atoms with E-state index in [1.807, 2.05) is 31.8 Å². The van der Waals surface area contributed by atoms with Crippen LogP contribution in [0.25, 0.3) is 0 Å². The second-order valence-electron chi connectivity index (χ2n) is 6.90. The lowest BCUT2D eigenvalue weighted by atomic mass is 9.89. The van der Waals surface area contributed by atoms with Gasteiger partial charge < -0.3 is 9.63 Å². The number of benzene rings is 1. The molecule has 0 saturated heterocycles. The lowest BCUT2D eigenvalue weighted by Gasteiger charge is -2.33. The predicted octanol–water partition coefficient (Wildman–Crippen LogP) is 4.64. The van der Waals surface area contributed by atoms with E-state index in [9.17, 15) is 5.11 Å². The van der Waals surface area contributed by atoms with Crippen LogP contribution in [0.2, 0.25) is 5.02 Å². The summed E-state index contributed by atoms with van der Waals surface area (Å²) in [5, 5.41) is 16.5. The van der Waals surface area contributed by atoms with Crippen molar-refractivity contribution in [1.82, 2.24) is 14.1 Å². The van der Waals surface area contributed by atoms with Crippen LogP contribution in [0.4, 0.5) is 0 Å². The highest BCUT2D eigenvalue weighted by molar-refractivity contribution is 8.11. The van der Waals surface area contributed by atoms with Gasteiger partial charge in [-0.15, -0.1) is 11.6 Å². The molecule has 0 aliphatic heterocycles. The predicted molar refractivity (Wildman–Crippen MR) is 116 cm³/mol. The molecule has 2 aromatic rings. The Balaban J connectivity index is 1.93. The zero-order chi connectivity index (χ0) is 19.9. The third kappa shape index (κ3) is 4.35. The summed E-state index contributed by atoms with van der Waals surface area (Å²) < 4.78 is 9.41. The maximum atomic E-state index is 11.5. The van der Waals surface area contributed by atoms with Crippen LogP contribution in [0.3, 0.4) is 0 Å². The smallest absolute Gasteiger partial charge is 0.203 e. The number of hydrogen-bond donors (Lipinski definition) is 1. The van der Waals surface area contributed by atoms with Gasteiger partial charge in [-0.25, -0.2) is 4.68 Å². The van der Waals surface area contributed by atoms with E-state index in [0.29, 0.717) is 22.8 Å². The molecule has 1 heterocycles. The van der Waals surface area contributed by atoms with Crippen molar-refractivity contribution in [2.45, 2.75) is 43.2 Å². The molecule has 1 aliphatic carbocycles. The molecule has 1 fully saturated rings. The summed E-state index contributed by atoms with van der Waals surface area (Å²) in [4.78, 5) is -0.711. The molecule has 1 aromatic carbocycles. The second kappa shape index (κ2) is 7.86. The van der Waals surface area contributed by atoms with E-state index >= 15 is 0 Å². The van der Waals surface area contributed by atoms with Gasteiger partial charge in [-0.05, 0) is 55.4 Å². The summed E-state index contributed by atoms with van der Waals surface area (Å²) in [6, 6.07) is 7.46. The van der Waals surface area contributed by atoms with Gasteiger partial charge in [0.15, 0.2) is 6.42 Å². The molecule has 0 amide bonds. The van der Waals surface area contributed by atoms with Crippen LogP contribution in [0, 0.1) is 4.77 Å². The minimum atomic E-state index is -2.30. The SMILES string of the molecule is CCOP(C)(=S)n1cnn(CC(O)(Cc2ccccc2Cl)C2(Cl)CC2)c1=S. The first-order valence-corrected chi connectivity index (χ1v) is 12.9. The van der Waals surface area contributed by atoms with Crippen molar-refractivity contribution in [3.05, 3.63) is 45.9 Å². The number of halogens is 2. The van der Waals surface area contributed by atoms with Crippen molar-refractivity contribution in [2.24, 2.45) is 0 Å². The first-order chi connectivity index (χ1) is 12.6. The largest absolute Gasteiger partial charge is 0.386 e. The maximum absolute atomic E-state index is 11.5. The maximum Gasteiger partial charge on any atom is 0.203 e. The molecule has 1 aliphatic rings. The van der Waals surface area contributed by atoms with Gasteiger partial charge in [-0.3, -0.25) is 4.34 Å². The minimum Gasteiger partial charge on any atom is -0.386 e. The fourth-order valence-corrected chi connectivity index (χ4v) is 6.25. The average molecular weight is 466 g/mol. The highest BCUT2D eigenvalue weighted by Crippen LogP contribution is 2.53. The average Bonchev–Trinajstić information content (AvgIpc) is 3.25. The molecule has 1 saturated carbocycles. The molecule has 10 heteroatoms. The van der Waals surface area contributed by atoms with Gasteiger partial charge in [0.25, 0.3) is 0 Å². The third-order valence-corrected chi connectivity index (χ3v) is 9.15. The molecular formula is C17H22Cl2N3O2PS2. The normalized spacial score (nSPS) is 20.0. The van der Waals surface area contributed by atoms with Crippen molar-refractivity contribution < 1.29 is 9.63 Å². The topological polar surface area (TPSA) is 52.2 Å². The van der Waals surface area contributed by atoms with Gasteiger partial charge in [0.05, 0.1) is 18.0 Å². The van der Waals surface area contributed by atoms with Crippen LogP contribution in [0.15, 0.2) is 30.6 Å².